The van der Waals surface area contributed by atoms with Crippen LogP contribution in [0.5, 0.6) is 0 Å². The Bertz CT molecular complexity index is 84.6. The first-order chi connectivity index (χ1) is 4.12. The fraction of sp³-hybridized carbons (Fsp3) is 0.750. The van der Waals surface area contributed by atoms with E-state index >= 15 is 0 Å². The van der Waals surface area contributed by atoms with Crippen molar-refractivity contribution in [2.45, 2.75) is 31.4 Å². The van der Waals surface area contributed by atoms with Gasteiger partial charge in [-0.2, -0.15) is 11.8 Å². The molecule has 0 aromatic rings. The molecule has 54 valence electrons. The molecule has 0 amide bonds. The van der Waals surface area contributed by atoms with E-state index < -0.39 is 0 Å². The molecular weight excluding hydrogens is 128 g/mol. The van der Waals surface area contributed by atoms with E-state index in [0.29, 0.717) is 4.75 Å². The highest BCUT2D eigenvalue weighted by molar-refractivity contribution is 7.99. The molecule has 0 nitrogen and oxygen atoms in total. The maximum atomic E-state index is 3.69. The van der Waals surface area contributed by atoms with Gasteiger partial charge in [0, 0.05) is 4.75 Å². The molecule has 0 aliphatic heterocycles. The highest BCUT2D eigenvalue weighted by Crippen LogP contribution is 2.26. The Morgan fingerprint density at radius 2 is 2.11 bits per heavy atom. The number of thioether (sulfide) groups is 1. The highest BCUT2D eigenvalue weighted by atomic mass is 32.2. The standard InChI is InChI=1S/C8H16S/c1-5-6-7-8(2,3)9-4/h5H,1,6-7H2,2-4H3. The summed E-state index contributed by atoms with van der Waals surface area (Å²) in [6, 6.07) is 0. The van der Waals surface area contributed by atoms with Gasteiger partial charge in [-0.1, -0.05) is 19.9 Å². The van der Waals surface area contributed by atoms with Crippen LogP contribution >= 0.6 is 11.8 Å². The summed E-state index contributed by atoms with van der Waals surface area (Å²) in [6.07, 6.45) is 6.51. The predicted octanol–water partition coefficient (Wildman–Crippen LogP) is 3.09. The average molecular weight is 144 g/mol. The third-order valence-electron chi connectivity index (χ3n) is 1.50. The van der Waals surface area contributed by atoms with E-state index in [-0.39, 0.29) is 0 Å². The summed E-state index contributed by atoms with van der Waals surface area (Å²) in [7, 11) is 0. The Labute approximate surface area is 62.7 Å². The molecule has 0 bridgehead atoms. The van der Waals surface area contributed by atoms with Crippen molar-refractivity contribution in [3.63, 3.8) is 0 Å². The van der Waals surface area contributed by atoms with E-state index in [1.54, 1.807) is 0 Å². The van der Waals surface area contributed by atoms with Crippen LogP contribution in [0.3, 0.4) is 0 Å². The summed E-state index contributed by atoms with van der Waals surface area (Å²) in [4.78, 5) is 0. The molecule has 0 aromatic heterocycles. The lowest BCUT2D eigenvalue weighted by molar-refractivity contribution is 0.650. The van der Waals surface area contributed by atoms with Crippen LogP contribution in [0.1, 0.15) is 26.7 Å². The molecule has 0 radical (unpaired) electrons. The van der Waals surface area contributed by atoms with Crippen molar-refractivity contribution in [2.24, 2.45) is 0 Å². The van der Waals surface area contributed by atoms with Gasteiger partial charge in [0.05, 0.1) is 0 Å². The van der Waals surface area contributed by atoms with Gasteiger partial charge in [-0.3, -0.25) is 0 Å². The fourth-order valence-electron chi connectivity index (χ4n) is 0.552. The van der Waals surface area contributed by atoms with E-state index in [4.69, 9.17) is 0 Å². The van der Waals surface area contributed by atoms with Gasteiger partial charge in [-0.15, -0.1) is 6.58 Å². The van der Waals surface area contributed by atoms with Crippen LogP contribution in [-0.4, -0.2) is 11.0 Å². The van der Waals surface area contributed by atoms with Gasteiger partial charge in [0.1, 0.15) is 0 Å². The largest absolute Gasteiger partial charge is 0.159 e. The summed E-state index contributed by atoms with van der Waals surface area (Å²) in [5.41, 5.74) is 0. The Morgan fingerprint density at radius 3 is 2.44 bits per heavy atom. The molecular formula is C8H16S. The lowest BCUT2D eigenvalue weighted by Crippen LogP contribution is -2.12. The smallest absolute Gasteiger partial charge is 0.0103 e. The van der Waals surface area contributed by atoms with Crippen LogP contribution in [0.15, 0.2) is 12.7 Å². The second-order valence-corrected chi connectivity index (χ2v) is 4.30. The van der Waals surface area contributed by atoms with Crippen molar-refractivity contribution < 1.29 is 0 Å². The van der Waals surface area contributed by atoms with Gasteiger partial charge >= 0.3 is 0 Å². The van der Waals surface area contributed by atoms with E-state index in [1.165, 1.54) is 6.42 Å². The fourth-order valence-corrected chi connectivity index (χ4v) is 0.874. The molecule has 0 N–H and O–H groups in total. The molecule has 0 aliphatic carbocycles. The maximum Gasteiger partial charge on any atom is 0.0103 e. The minimum atomic E-state index is 0.439. The van der Waals surface area contributed by atoms with Gasteiger partial charge < -0.3 is 0 Å². The van der Waals surface area contributed by atoms with Gasteiger partial charge in [-0.05, 0) is 19.1 Å². The van der Waals surface area contributed by atoms with Crippen LogP contribution in [0.25, 0.3) is 0 Å². The molecule has 0 rings (SSSR count). The van der Waals surface area contributed by atoms with Crippen molar-refractivity contribution >= 4 is 11.8 Å². The quantitative estimate of drug-likeness (QED) is 0.546. The van der Waals surface area contributed by atoms with E-state index in [2.05, 4.69) is 26.7 Å². The third kappa shape index (κ3) is 4.58. The van der Waals surface area contributed by atoms with Crippen molar-refractivity contribution in [1.82, 2.24) is 0 Å². The zero-order valence-electron chi connectivity index (χ0n) is 6.61. The molecule has 0 aromatic carbocycles. The molecule has 0 heterocycles. The third-order valence-corrected chi connectivity index (χ3v) is 2.81. The number of hydrogen-bond donors (Lipinski definition) is 0. The molecule has 0 aliphatic rings. The van der Waals surface area contributed by atoms with Gasteiger partial charge in [0.25, 0.3) is 0 Å². The first-order valence-electron chi connectivity index (χ1n) is 3.28. The average Bonchev–Trinajstić information content (AvgIpc) is 1.84. The molecule has 0 atom stereocenters. The van der Waals surface area contributed by atoms with Gasteiger partial charge in [0.2, 0.25) is 0 Å². The minimum absolute atomic E-state index is 0.439. The summed E-state index contributed by atoms with van der Waals surface area (Å²) >= 11 is 1.92. The van der Waals surface area contributed by atoms with Crippen LogP contribution in [-0.2, 0) is 0 Å². The van der Waals surface area contributed by atoms with Gasteiger partial charge in [0.15, 0.2) is 0 Å². The normalized spacial score (nSPS) is 11.4. The molecule has 0 spiro atoms. The second-order valence-electron chi connectivity index (χ2n) is 2.79. The van der Waals surface area contributed by atoms with Crippen molar-refractivity contribution in [2.75, 3.05) is 6.26 Å². The maximum absolute atomic E-state index is 3.69. The first-order valence-corrected chi connectivity index (χ1v) is 4.51. The monoisotopic (exact) mass is 144 g/mol. The molecule has 0 saturated carbocycles. The van der Waals surface area contributed by atoms with Gasteiger partial charge in [-0.25, -0.2) is 0 Å². The Kier molecular flexibility index (Phi) is 4.03. The molecule has 9 heavy (non-hydrogen) atoms. The molecule has 0 unspecified atom stereocenters. The van der Waals surface area contributed by atoms with Crippen LogP contribution in [0.2, 0.25) is 0 Å². The van der Waals surface area contributed by atoms with Crippen LogP contribution < -0.4 is 0 Å². The van der Waals surface area contributed by atoms with Crippen molar-refractivity contribution in [3.8, 4) is 0 Å². The summed E-state index contributed by atoms with van der Waals surface area (Å²) in [5, 5.41) is 0. The van der Waals surface area contributed by atoms with E-state index in [0.717, 1.165) is 6.42 Å². The first kappa shape index (κ1) is 9.09. The number of rotatable bonds is 4. The second kappa shape index (κ2) is 3.99. The lowest BCUT2D eigenvalue weighted by Gasteiger charge is -2.20. The molecule has 1 heteroatoms. The van der Waals surface area contributed by atoms with Crippen molar-refractivity contribution in [3.05, 3.63) is 12.7 Å². The summed E-state index contributed by atoms with van der Waals surface area (Å²) in [5.74, 6) is 0. The SMILES string of the molecule is C=CCCC(C)(C)SC. The highest BCUT2D eigenvalue weighted by Gasteiger charge is 2.13. The Hall–Kier alpha value is 0.0900. The number of hydrogen-bond acceptors (Lipinski definition) is 1. The van der Waals surface area contributed by atoms with E-state index in [1.807, 2.05) is 17.8 Å². The number of allylic oxidation sites excluding steroid dienone is 1. The summed E-state index contributed by atoms with van der Waals surface area (Å²) < 4.78 is 0.439. The van der Waals surface area contributed by atoms with Crippen molar-refractivity contribution in [1.29, 1.82) is 0 Å². The Balaban J connectivity index is 3.44. The zero-order valence-corrected chi connectivity index (χ0v) is 7.42. The minimum Gasteiger partial charge on any atom is -0.159 e. The van der Waals surface area contributed by atoms with Crippen LogP contribution in [0.4, 0.5) is 0 Å². The predicted molar refractivity (Wildman–Crippen MR) is 47.0 cm³/mol. The Morgan fingerprint density at radius 1 is 1.56 bits per heavy atom. The van der Waals surface area contributed by atoms with E-state index in [9.17, 15) is 0 Å². The molecule has 0 saturated heterocycles. The molecule has 0 fully saturated rings. The lowest BCUT2D eigenvalue weighted by atomic mass is 10.1. The topological polar surface area (TPSA) is 0 Å². The summed E-state index contributed by atoms with van der Waals surface area (Å²) in [6.45, 7) is 8.22. The zero-order chi connectivity index (χ0) is 7.33. The van der Waals surface area contributed by atoms with Crippen LogP contribution in [0, 0.1) is 0 Å².